The number of ether oxygens (including phenoxy) is 1. The van der Waals surface area contributed by atoms with E-state index >= 15 is 0 Å². The van der Waals surface area contributed by atoms with Crippen LogP contribution in [0.1, 0.15) is 37.2 Å². The number of rotatable bonds is 6. The highest BCUT2D eigenvalue weighted by molar-refractivity contribution is 5.35. The summed E-state index contributed by atoms with van der Waals surface area (Å²) in [5.74, 6) is 1.88. The average Bonchev–Trinajstić information content (AvgIpc) is 2.83. The van der Waals surface area contributed by atoms with Crippen molar-refractivity contribution in [2.75, 3.05) is 6.54 Å². The van der Waals surface area contributed by atoms with Gasteiger partial charge in [-0.05, 0) is 19.5 Å². The van der Waals surface area contributed by atoms with Crippen molar-refractivity contribution in [1.82, 2.24) is 15.5 Å². The molecule has 0 aliphatic rings. The van der Waals surface area contributed by atoms with Crippen molar-refractivity contribution in [2.24, 2.45) is 0 Å². The molecule has 0 spiro atoms. The second-order valence-electron chi connectivity index (χ2n) is 4.32. The average molecular weight is 261 g/mol. The Bertz CT molecular complexity index is 525. The van der Waals surface area contributed by atoms with Gasteiger partial charge in [0, 0.05) is 18.5 Å². The summed E-state index contributed by atoms with van der Waals surface area (Å²) < 4.78 is 11.1. The maximum Gasteiger partial charge on any atom is 0.253 e. The van der Waals surface area contributed by atoms with Crippen LogP contribution >= 0.6 is 0 Å². The van der Waals surface area contributed by atoms with E-state index in [4.69, 9.17) is 9.15 Å². The van der Waals surface area contributed by atoms with E-state index in [1.807, 2.05) is 18.2 Å². The standard InChI is InChI=1S/C14H19N3O2/c1-4-15-10(2)12-7-5-6-8-13(12)18-9-14-17-16-11(3)19-14/h5-8,10,15H,4,9H2,1-3H3. The number of para-hydroxylation sites is 1. The molecule has 1 aromatic heterocycles. The van der Waals surface area contributed by atoms with Crippen LogP contribution in [0, 0.1) is 6.92 Å². The Morgan fingerprint density at radius 1 is 1.32 bits per heavy atom. The number of aryl methyl sites for hydroxylation is 1. The van der Waals surface area contributed by atoms with E-state index in [9.17, 15) is 0 Å². The molecule has 1 atom stereocenters. The molecule has 1 unspecified atom stereocenters. The zero-order valence-electron chi connectivity index (χ0n) is 11.5. The van der Waals surface area contributed by atoms with Crippen molar-refractivity contribution in [3.05, 3.63) is 41.6 Å². The number of hydrogen-bond donors (Lipinski definition) is 1. The largest absolute Gasteiger partial charge is 0.483 e. The molecule has 5 nitrogen and oxygen atoms in total. The highest BCUT2D eigenvalue weighted by atomic mass is 16.5. The number of hydrogen-bond acceptors (Lipinski definition) is 5. The van der Waals surface area contributed by atoms with Crippen LogP contribution in [-0.2, 0) is 6.61 Å². The minimum absolute atomic E-state index is 0.241. The van der Waals surface area contributed by atoms with Crippen LogP contribution in [0.15, 0.2) is 28.7 Å². The Hall–Kier alpha value is -1.88. The fourth-order valence-electron chi connectivity index (χ4n) is 1.92. The summed E-state index contributed by atoms with van der Waals surface area (Å²) in [6.07, 6.45) is 0. The molecule has 1 N–H and O–H groups in total. The molecule has 0 bridgehead atoms. The smallest absolute Gasteiger partial charge is 0.253 e. The summed E-state index contributed by atoms with van der Waals surface area (Å²) in [6.45, 7) is 7.16. The summed E-state index contributed by atoms with van der Waals surface area (Å²) in [5.41, 5.74) is 1.13. The van der Waals surface area contributed by atoms with E-state index < -0.39 is 0 Å². The molecule has 19 heavy (non-hydrogen) atoms. The molecule has 0 aliphatic carbocycles. The minimum atomic E-state index is 0.241. The van der Waals surface area contributed by atoms with Gasteiger partial charge in [0.15, 0.2) is 6.61 Å². The maximum absolute atomic E-state index is 5.77. The first-order chi connectivity index (χ1) is 9.20. The molecule has 0 saturated heterocycles. The Balaban J connectivity index is 2.07. The van der Waals surface area contributed by atoms with Crippen molar-refractivity contribution in [3.63, 3.8) is 0 Å². The quantitative estimate of drug-likeness (QED) is 0.866. The van der Waals surface area contributed by atoms with Gasteiger partial charge in [0.25, 0.3) is 5.89 Å². The van der Waals surface area contributed by atoms with Crippen molar-refractivity contribution in [2.45, 2.75) is 33.4 Å². The number of nitrogens with zero attached hydrogens (tertiary/aromatic N) is 2. The molecule has 0 aliphatic heterocycles. The molecule has 2 aromatic rings. The van der Waals surface area contributed by atoms with Crippen molar-refractivity contribution in [1.29, 1.82) is 0 Å². The molecule has 0 radical (unpaired) electrons. The second kappa shape index (κ2) is 6.33. The number of nitrogens with one attached hydrogen (secondary N) is 1. The second-order valence-corrected chi connectivity index (χ2v) is 4.32. The molecule has 2 rings (SSSR count). The van der Waals surface area contributed by atoms with Gasteiger partial charge in [-0.15, -0.1) is 10.2 Å². The molecule has 1 heterocycles. The van der Waals surface area contributed by atoms with Gasteiger partial charge in [-0.2, -0.15) is 0 Å². The van der Waals surface area contributed by atoms with Crippen molar-refractivity contribution >= 4 is 0 Å². The van der Waals surface area contributed by atoms with E-state index in [0.29, 0.717) is 11.8 Å². The summed E-state index contributed by atoms with van der Waals surface area (Å²) in [4.78, 5) is 0. The lowest BCUT2D eigenvalue weighted by atomic mass is 10.1. The van der Waals surface area contributed by atoms with E-state index in [-0.39, 0.29) is 12.6 Å². The fourth-order valence-corrected chi connectivity index (χ4v) is 1.92. The highest BCUT2D eigenvalue weighted by Crippen LogP contribution is 2.25. The molecule has 102 valence electrons. The van der Waals surface area contributed by atoms with E-state index in [2.05, 4.69) is 35.4 Å². The van der Waals surface area contributed by atoms with E-state index in [1.54, 1.807) is 6.92 Å². The van der Waals surface area contributed by atoms with Crippen molar-refractivity contribution < 1.29 is 9.15 Å². The highest BCUT2D eigenvalue weighted by Gasteiger charge is 2.11. The molecule has 0 fully saturated rings. The van der Waals surface area contributed by atoms with Crippen LogP contribution in [-0.4, -0.2) is 16.7 Å². The summed E-state index contributed by atoms with van der Waals surface area (Å²) >= 11 is 0. The zero-order chi connectivity index (χ0) is 13.7. The Morgan fingerprint density at radius 2 is 2.11 bits per heavy atom. The molecular weight excluding hydrogens is 242 g/mol. The van der Waals surface area contributed by atoms with Gasteiger partial charge >= 0.3 is 0 Å². The van der Waals surface area contributed by atoms with E-state index in [0.717, 1.165) is 17.9 Å². The van der Waals surface area contributed by atoms with Gasteiger partial charge in [-0.25, -0.2) is 0 Å². The van der Waals surface area contributed by atoms with Gasteiger partial charge in [-0.3, -0.25) is 0 Å². The van der Waals surface area contributed by atoms with E-state index in [1.165, 1.54) is 0 Å². The van der Waals surface area contributed by atoms with Crippen LogP contribution in [0.4, 0.5) is 0 Å². The SMILES string of the molecule is CCNC(C)c1ccccc1OCc1nnc(C)o1. The topological polar surface area (TPSA) is 60.2 Å². The molecule has 1 aromatic carbocycles. The monoisotopic (exact) mass is 261 g/mol. The Morgan fingerprint density at radius 3 is 2.79 bits per heavy atom. The van der Waals surface area contributed by atoms with Gasteiger partial charge < -0.3 is 14.5 Å². The van der Waals surface area contributed by atoms with Crippen LogP contribution in [0.2, 0.25) is 0 Å². The fraction of sp³-hybridized carbons (Fsp3) is 0.429. The van der Waals surface area contributed by atoms with Gasteiger partial charge in [0.1, 0.15) is 5.75 Å². The summed E-state index contributed by atoms with van der Waals surface area (Å²) in [5, 5.41) is 11.1. The third-order valence-electron chi connectivity index (χ3n) is 2.81. The minimum Gasteiger partial charge on any atom is -0.483 e. The Labute approximate surface area is 113 Å². The van der Waals surface area contributed by atoms with Crippen molar-refractivity contribution in [3.8, 4) is 5.75 Å². The first-order valence-electron chi connectivity index (χ1n) is 6.44. The van der Waals surface area contributed by atoms with Crippen LogP contribution in [0.5, 0.6) is 5.75 Å². The Kier molecular flexibility index (Phi) is 4.52. The third kappa shape index (κ3) is 3.54. The molecular formula is C14H19N3O2. The third-order valence-corrected chi connectivity index (χ3v) is 2.81. The lowest BCUT2D eigenvalue weighted by Gasteiger charge is -2.16. The number of benzene rings is 1. The van der Waals surface area contributed by atoms with Gasteiger partial charge in [0.05, 0.1) is 0 Å². The zero-order valence-corrected chi connectivity index (χ0v) is 11.5. The van der Waals surface area contributed by atoms with Crippen LogP contribution in [0.25, 0.3) is 0 Å². The predicted molar refractivity (Wildman–Crippen MR) is 71.9 cm³/mol. The van der Waals surface area contributed by atoms with Crippen LogP contribution in [0.3, 0.4) is 0 Å². The number of aromatic nitrogens is 2. The van der Waals surface area contributed by atoms with Gasteiger partial charge in [0.2, 0.25) is 5.89 Å². The van der Waals surface area contributed by atoms with Crippen LogP contribution < -0.4 is 10.1 Å². The lowest BCUT2D eigenvalue weighted by molar-refractivity contribution is 0.256. The lowest BCUT2D eigenvalue weighted by Crippen LogP contribution is -2.18. The first-order valence-corrected chi connectivity index (χ1v) is 6.44. The summed E-state index contributed by atoms with van der Waals surface area (Å²) in [6, 6.07) is 8.21. The summed E-state index contributed by atoms with van der Waals surface area (Å²) in [7, 11) is 0. The first kappa shape index (κ1) is 13.5. The molecule has 0 amide bonds. The normalized spacial score (nSPS) is 12.4. The molecule has 0 saturated carbocycles. The van der Waals surface area contributed by atoms with Gasteiger partial charge in [-0.1, -0.05) is 25.1 Å². The predicted octanol–water partition coefficient (Wildman–Crippen LogP) is 2.63. The molecule has 5 heteroatoms. The maximum atomic E-state index is 5.77.